The highest BCUT2D eigenvalue weighted by Gasteiger charge is 2.06. The van der Waals surface area contributed by atoms with Crippen LogP contribution in [0.2, 0.25) is 0 Å². The molecular weight excluding hydrogens is 254 g/mol. The Balaban J connectivity index is 2.02. The Labute approximate surface area is 129 Å². The highest BCUT2D eigenvalue weighted by Crippen LogP contribution is 2.23. The molecule has 1 N–H and O–H groups in total. The maximum atomic E-state index is 3.58. The van der Waals surface area contributed by atoms with E-state index in [2.05, 4.69) is 81.5 Å². The molecule has 0 spiro atoms. The molecule has 112 valence electrons. The second kappa shape index (κ2) is 7.31. The van der Waals surface area contributed by atoms with Crippen molar-refractivity contribution in [3.8, 4) is 0 Å². The summed E-state index contributed by atoms with van der Waals surface area (Å²) in [5.41, 5.74) is 5.33. The Kier molecular flexibility index (Phi) is 5.44. The van der Waals surface area contributed by atoms with E-state index in [1.165, 1.54) is 28.8 Å². The molecule has 0 amide bonds. The van der Waals surface area contributed by atoms with Gasteiger partial charge in [0, 0.05) is 11.7 Å². The monoisotopic (exact) mass is 281 g/mol. The first-order chi connectivity index (χ1) is 10.1. The van der Waals surface area contributed by atoms with Crippen LogP contribution in [-0.2, 0) is 6.42 Å². The van der Waals surface area contributed by atoms with Gasteiger partial charge in [-0.15, -0.1) is 0 Å². The number of rotatable bonds is 6. The number of hydrogen-bond donors (Lipinski definition) is 1. The molecule has 1 heteroatoms. The number of anilines is 1. The van der Waals surface area contributed by atoms with Crippen LogP contribution in [-0.4, -0.2) is 0 Å². The Hall–Kier alpha value is -1.76. The fourth-order valence-corrected chi connectivity index (χ4v) is 2.52. The first-order valence-electron chi connectivity index (χ1n) is 8.09. The van der Waals surface area contributed by atoms with Gasteiger partial charge in [0.2, 0.25) is 0 Å². The van der Waals surface area contributed by atoms with Gasteiger partial charge in [0.25, 0.3) is 0 Å². The van der Waals surface area contributed by atoms with Crippen molar-refractivity contribution in [3.63, 3.8) is 0 Å². The summed E-state index contributed by atoms with van der Waals surface area (Å²) in [5, 5.41) is 3.58. The molecule has 0 saturated heterocycles. The van der Waals surface area contributed by atoms with Gasteiger partial charge in [-0.3, -0.25) is 0 Å². The van der Waals surface area contributed by atoms with E-state index in [0.29, 0.717) is 12.0 Å². The minimum Gasteiger partial charge on any atom is -0.379 e. The van der Waals surface area contributed by atoms with Crippen LogP contribution in [0, 0.1) is 0 Å². The van der Waals surface area contributed by atoms with E-state index in [9.17, 15) is 0 Å². The third-order valence-corrected chi connectivity index (χ3v) is 4.36. The molecule has 0 bridgehead atoms. The first-order valence-corrected chi connectivity index (χ1v) is 8.09. The largest absolute Gasteiger partial charge is 0.379 e. The molecule has 2 unspecified atom stereocenters. The van der Waals surface area contributed by atoms with Gasteiger partial charge in [-0.05, 0) is 54.5 Å². The fraction of sp³-hybridized carbons (Fsp3) is 0.400. The Morgan fingerprint density at radius 3 is 1.90 bits per heavy atom. The zero-order valence-electron chi connectivity index (χ0n) is 13.7. The van der Waals surface area contributed by atoms with Gasteiger partial charge in [-0.25, -0.2) is 0 Å². The maximum absolute atomic E-state index is 3.58. The fourth-order valence-electron chi connectivity index (χ4n) is 2.52. The van der Waals surface area contributed by atoms with Gasteiger partial charge >= 0.3 is 0 Å². The lowest BCUT2D eigenvalue weighted by molar-refractivity contribution is 0.733. The van der Waals surface area contributed by atoms with Gasteiger partial charge in [-0.2, -0.15) is 0 Å². The zero-order valence-corrected chi connectivity index (χ0v) is 13.7. The number of benzene rings is 2. The third kappa shape index (κ3) is 4.10. The summed E-state index contributed by atoms with van der Waals surface area (Å²) >= 11 is 0. The second-order valence-corrected chi connectivity index (χ2v) is 5.89. The lowest BCUT2D eigenvalue weighted by Gasteiger charge is -2.17. The molecule has 21 heavy (non-hydrogen) atoms. The summed E-state index contributed by atoms with van der Waals surface area (Å²) in [7, 11) is 0. The molecule has 0 aliphatic heterocycles. The Morgan fingerprint density at radius 1 is 0.810 bits per heavy atom. The highest BCUT2D eigenvalue weighted by molar-refractivity contribution is 5.47. The van der Waals surface area contributed by atoms with E-state index in [1.54, 1.807) is 0 Å². The summed E-state index contributed by atoms with van der Waals surface area (Å²) in [6, 6.07) is 18.1. The number of nitrogens with one attached hydrogen (secondary N) is 1. The van der Waals surface area contributed by atoms with E-state index in [-0.39, 0.29) is 0 Å². The van der Waals surface area contributed by atoms with Crippen molar-refractivity contribution < 1.29 is 0 Å². The van der Waals surface area contributed by atoms with Crippen molar-refractivity contribution in [1.82, 2.24) is 0 Å². The van der Waals surface area contributed by atoms with Crippen molar-refractivity contribution in [2.75, 3.05) is 5.32 Å². The predicted octanol–water partition coefficient (Wildman–Crippen LogP) is 5.94. The van der Waals surface area contributed by atoms with Crippen LogP contribution in [0.3, 0.4) is 0 Å². The third-order valence-electron chi connectivity index (χ3n) is 4.36. The molecule has 2 atom stereocenters. The van der Waals surface area contributed by atoms with E-state index in [4.69, 9.17) is 0 Å². The van der Waals surface area contributed by atoms with Crippen molar-refractivity contribution in [2.24, 2.45) is 0 Å². The SMILES string of the molecule is CCc1ccc(C(C)Nc2ccc(C(C)CC)cc2)cc1. The smallest absolute Gasteiger partial charge is 0.0485 e. The average Bonchev–Trinajstić information content (AvgIpc) is 2.55. The van der Waals surface area contributed by atoms with Crippen LogP contribution in [0.5, 0.6) is 0 Å². The second-order valence-electron chi connectivity index (χ2n) is 5.89. The molecule has 0 aliphatic carbocycles. The Bertz CT molecular complexity index is 539. The van der Waals surface area contributed by atoms with Crippen LogP contribution >= 0.6 is 0 Å². The molecule has 0 heterocycles. The Morgan fingerprint density at radius 2 is 1.38 bits per heavy atom. The first kappa shape index (κ1) is 15.6. The van der Waals surface area contributed by atoms with Crippen LogP contribution in [0.1, 0.15) is 62.8 Å². The maximum Gasteiger partial charge on any atom is 0.0485 e. The van der Waals surface area contributed by atoms with Gasteiger partial charge in [0.1, 0.15) is 0 Å². The lowest BCUT2D eigenvalue weighted by atomic mass is 9.98. The van der Waals surface area contributed by atoms with Gasteiger partial charge in [0.15, 0.2) is 0 Å². The average molecular weight is 281 g/mol. The number of aryl methyl sites for hydroxylation is 1. The van der Waals surface area contributed by atoms with Crippen molar-refractivity contribution in [3.05, 3.63) is 65.2 Å². The van der Waals surface area contributed by atoms with Crippen molar-refractivity contribution >= 4 is 5.69 Å². The summed E-state index contributed by atoms with van der Waals surface area (Å²) < 4.78 is 0. The molecule has 2 aromatic carbocycles. The summed E-state index contributed by atoms with van der Waals surface area (Å²) in [6.07, 6.45) is 2.28. The molecule has 1 nitrogen and oxygen atoms in total. The van der Waals surface area contributed by atoms with Gasteiger partial charge < -0.3 is 5.32 Å². The molecule has 0 saturated carbocycles. The number of hydrogen-bond acceptors (Lipinski definition) is 1. The molecule has 0 aliphatic rings. The van der Waals surface area contributed by atoms with Crippen LogP contribution < -0.4 is 5.32 Å². The standard InChI is InChI=1S/C20H27N/c1-5-15(3)18-11-13-20(14-12-18)21-16(4)19-9-7-17(6-2)8-10-19/h7-16,21H,5-6H2,1-4H3. The lowest BCUT2D eigenvalue weighted by Crippen LogP contribution is -2.06. The van der Waals surface area contributed by atoms with E-state index >= 15 is 0 Å². The van der Waals surface area contributed by atoms with E-state index in [0.717, 1.165) is 6.42 Å². The topological polar surface area (TPSA) is 12.0 Å². The summed E-state index contributed by atoms with van der Waals surface area (Å²) in [6.45, 7) is 8.91. The van der Waals surface area contributed by atoms with Gasteiger partial charge in [0.05, 0.1) is 0 Å². The molecule has 2 rings (SSSR count). The summed E-state index contributed by atoms with van der Waals surface area (Å²) in [4.78, 5) is 0. The predicted molar refractivity (Wildman–Crippen MR) is 93.0 cm³/mol. The van der Waals surface area contributed by atoms with Crippen LogP contribution in [0.25, 0.3) is 0 Å². The van der Waals surface area contributed by atoms with E-state index in [1.807, 2.05) is 0 Å². The van der Waals surface area contributed by atoms with Crippen molar-refractivity contribution in [2.45, 2.75) is 52.5 Å². The zero-order chi connectivity index (χ0) is 15.2. The molecule has 0 aromatic heterocycles. The van der Waals surface area contributed by atoms with Gasteiger partial charge in [-0.1, -0.05) is 57.2 Å². The van der Waals surface area contributed by atoms with E-state index < -0.39 is 0 Å². The normalized spacial score (nSPS) is 13.7. The molecule has 0 radical (unpaired) electrons. The summed E-state index contributed by atoms with van der Waals surface area (Å²) in [5.74, 6) is 0.637. The van der Waals surface area contributed by atoms with Crippen LogP contribution in [0.4, 0.5) is 5.69 Å². The molecule has 2 aromatic rings. The van der Waals surface area contributed by atoms with Crippen molar-refractivity contribution in [1.29, 1.82) is 0 Å². The minimum absolute atomic E-state index is 0.324. The van der Waals surface area contributed by atoms with Crippen LogP contribution in [0.15, 0.2) is 48.5 Å². The quantitative estimate of drug-likeness (QED) is 0.691. The molecular formula is C20H27N. The minimum atomic E-state index is 0.324. The molecule has 0 fully saturated rings. The highest BCUT2D eigenvalue weighted by atomic mass is 14.9.